The van der Waals surface area contributed by atoms with Gasteiger partial charge in [0.05, 0.1) is 24.9 Å². The molecule has 6 heteroatoms. The molecule has 3 nitrogen and oxygen atoms in total. The van der Waals surface area contributed by atoms with Crippen LogP contribution in [-0.2, 0) is 31.9 Å². The van der Waals surface area contributed by atoms with E-state index in [1.54, 1.807) is 11.3 Å². The summed E-state index contributed by atoms with van der Waals surface area (Å²) >= 11 is 1.67. The zero-order chi connectivity index (χ0) is 40.6. The maximum Gasteiger partial charge on any atom is 0.0798 e. The second-order valence-electron chi connectivity index (χ2n) is 17.7. The minimum absolute atomic E-state index is 0. The van der Waals surface area contributed by atoms with Crippen LogP contribution in [0.5, 0.6) is 0 Å². The van der Waals surface area contributed by atoms with Crippen molar-refractivity contribution in [2.75, 3.05) is 0 Å². The summed E-state index contributed by atoms with van der Waals surface area (Å²) in [7, 11) is -1.34. The number of fused-ring (bicyclic) bond motifs is 3. The normalized spacial score (nSPS) is 11.8. The molecule has 0 spiro atoms. The van der Waals surface area contributed by atoms with Crippen LogP contribution in [0.25, 0.3) is 71.4 Å². The van der Waals surface area contributed by atoms with Crippen molar-refractivity contribution in [3.05, 3.63) is 168 Å². The van der Waals surface area contributed by atoms with E-state index in [0.29, 0.717) is 5.92 Å². The first-order valence-corrected chi connectivity index (χ1v) is 24.6. The van der Waals surface area contributed by atoms with Crippen LogP contribution in [0.1, 0.15) is 45.7 Å². The van der Waals surface area contributed by atoms with E-state index in [-0.39, 0.29) is 25.5 Å². The molecule has 0 saturated carbocycles. The maximum absolute atomic E-state index is 5.21. The first-order chi connectivity index (χ1) is 27.8. The standard InChI is InChI=1S/C35H27N2S.C18H24NSi.Ir/c1-35(2,3)26-17-18-31(27(21-26)23-11-5-4-6-12-23)37-32-16-10-9-15-30(32)36-34(37)29-22-38-33-20-25-14-8-7-13-24(25)19-28(29)33;1-14(2)11-16-12-17(15-9-7-6-8-10-15)19-13-18(16)20(3,4)5;/h4-21H,1-3H3;6-9,12-14H,11H2,1-5H3;/q2*-1;. The maximum atomic E-state index is 5.21. The summed E-state index contributed by atoms with van der Waals surface area (Å²) in [6.45, 7) is 18.5. The Morgan fingerprint density at radius 3 is 2.15 bits per heavy atom. The summed E-state index contributed by atoms with van der Waals surface area (Å²) in [5.74, 6) is 1.59. The van der Waals surface area contributed by atoms with Gasteiger partial charge in [-0.2, -0.15) is 0 Å². The van der Waals surface area contributed by atoms with Gasteiger partial charge < -0.3 is 9.55 Å². The third kappa shape index (κ3) is 8.98. The van der Waals surface area contributed by atoms with Gasteiger partial charge in [0.15, 0.2) is 0 Å². The van der Waals surface area contributed by atoms with Gasteiger partial charge in [0, 0.05) is 37.6 Å². The number of imidazole rings is 1. The number of hydrogen-bond donors (Lipinski definition) is 0. The van der Waals surface area contributed by atoms with Crippen molar-refractivity contribution in [1.82, 2.24) is 14.5 Å². The smallest absolute Gasteiger partial charge is 0.0798 e. The number of nitrogens with zero attached hydrogens (tertiary/aromatic N) is 3. The zero-order valence-electron chi connectivity index (χ0n) is 35.2. The van der Waals surface area contributed by atoms with E-state index in [4.69, 9.17) is 4.98 Å². The van der Waals surface area contributed by atoms with Crippen molar-refractivity contribution in [1.29, 1.82) is 0 Å². The summed E-state index contributed by atoms with van der Waals surface area (Å²) in [5.41, 5.74) is 11.6. The van der Waals surface area contributed by atoms with Crippen LogP contribution < -0.4 is 5.19 Å². The molecule has 3 aromatic heterocycles. The van der Waals surface area contributed by atoms with Gasteiger partial charge >= 0.3 is 0 Å². The van der Waals surface area contributed by atoms with Crippen LogP contribution in [-0.4, -0.2) is 22.6 Å². The molecule has 1 radical (unpaired) electrons. The number of hydrogen-bond acceptors (Lipinski definition) is 3. The molecule has 0 bridgehead atoms. The van der Waals surface area contributed by atoms with Gasteiger partial charge in [-0.3, -0.25) is 16.3 Å². The largest absolute Gasteiger partial charge is 0.333 e. The van der Waals surface area contributed by atoms with E-state index in [9.17, 15) is 0 Å². The molecule has 0 amide bonds. The molecular formula is C53H51IrN3SSi-2. The Morgan fingerprint density at radius 1 is 0.763 bits per heavy atom. The van der Waals surface area contributed by atoms with Crippen LogP contribution in [0, 0.1) is 17.4 Å². The number of pyridine rings is 1. The Hall–Kier alpha value is -4.97. The van der Waals surface area contributed by atoms with Crippen molar-refractivity contribution in [3.8, 4) is 39.5 Å². The molecule has 0 unspecified atom stereocenters. The number of benzene rings is 6. The quantitative estimate of drug-likeness (QED) is 0.118. The van der Waals surface area contributed by atoms with Gasteiger partial charge in [-0.25, -0.2) is 0 Å². The molecule has 0 atom stereocenters. The summed E-state index contributed by atoms with van der Waals surface area (Å²) in [4.78, 5) is 9.89. The molecule has 0 saturated heterocycles. The third-order valence-corrected chi connectivity index (χ3v) is 13.7. The molecule has 9 aromatic rings. The Morgan fingerprint density at radius 2 is 1.46 bits per heavy atom. The van der Waals surface area contributed by atoms with Crippen LogP contribution in [0.4, 0.5) is 0 Å². The van der Waals surface area contributed by atoms with Gasteiger partial charge in [0.1, 0.15) is 0 Å². The van der Waals surface area contributed by atoms with Crippen molar-refractivity contribution < 1.29 is 20.1 Å². The average molecular weight is 982 g/mol. The Kier molecular flexibility index (Phi) is 12.4. The second kappa shape index (κ2) is 17.3. The summed E-state index contributed by atoms with van der Waals surface area (Å²) in [5, 5.41) is 8.79. The molecule has 299 valence electrons. The van der Waals surface area contributed by atoms with Crippen LogP contribution in [0.2, 0.25) is 19.6 Å². The van der Waals surface area contributed by atoms with Crippen LogP contribution >= 0.6 is 11.3 Å². The van der Waals surface area contributed by atoms with Crippen LogP contribution in [0.15, 0.2) is 146 Å². The minimum Gasteiger partial charge on any atom is -0.333 e. The van der Waals surface area contributed by atoms with Gasteiger partial charge in [-0.1, -0.05) is 166 Å². The molecule has 0 fully saturated rings. The number of para-hydroxylation sites is 2. The number of rotatable bonds is 7. The molecule has 59 heavy (non-hydrogen) atoms. The molecular weight excluding hydrogens is 931 g/mol. The number of thiophene rings is 1. The molecule has 0 N–H and O–H groups in total. The summed E-state index contributed by atoms with van der Waals surface area (Å²) < 4.78 is 3.56. The first kappa shape index (κ1) is 42.2. The fourth-order valence-corrected chi connectivity index (χ4v) is 10.3. The molecule has 0 aliphatic heterocycles. The van der Waals surface area contributed by atoms with E-state index in [0.717, 1.165) is 45.8 Å². The van der Waals surface area contributed by atoms with Gasteiger partial charge in [-0.05, 0) is 74.8 Å². The van der Waals surface area contributed by atoms with Crippen LogP contribution in [0.3, 0.4) is 0 Å². The molecule has 9 rings (SSSR count). The van der Waals surface area contributed by atoms with Gasteiger partial charge in [0.2, 0.25) is 0 Å². The van der Waals surface area contributed by atoms with E-state index < -0.39 is 8.07 Å². The van der Waals surface area contributed by atoms with Gasteiger partial charge in [-0.15, -0.1) is 41.3 Å². The van der Waals surface area contributed by atoms with E-state index >= 15 is 0 Å². The Labute approximate surface area is 368 Å². The van der Waals surface area contributed by atoms with Crippen molar-refractivity contribution in [3.63, 3.8) is 0 Å². The van der Waals surface area contributed by atoms with Gasteiger partial charge in [0.25, 0.3) is 0 Å². The molecule has 3 heterocycles. The minimum atomic E-state index is -1.34. The topological polar surface area (TPSA) is 30.7 Å². The van der Waals surface area contributed by atoms with Crippen molar-refractivity contribution in [2.45, 2.75) is 66.1 Å². The SMILES string of the molecule is CC(C)(C)c1ccc(-n2c(-c3[c-]sc4cc5ccccc5cc34)nc3ccccc32)c(-c2ccccc2)c1.CC(C)Cc1cc(-c2[c-]cccc2)ncc1[Si](C)(C)C.[Ir]. The zero-order valence-corrected chi connectivity index (χ0v) is 39.4. The second-order valence-corrected chi connectivity index (χ2v) is 23.6. The fourth-order valence-electron chi connectivity index (χ4n) is 7.79. The molecule has 6 aromatic carbocycles. The third-order valence-electron chi connectivity index (χ3n) is 10.8. The Balaban J connectivity index is 0.000000214. The molecule has 0 aliphatic rings. The predicted octanol–water partition coefficient (Wildman–Crippen LogP) is 14.1. The van der Waals surface area contributed by atoms with Crippen molar-refractivity contribution >= 4 is 56.5 Å². The summed E-state index contributed by atoms with van der Waals surface area (Å²) in [6, 6.07) is 52.7. The van der Waals surface area contributed by atoms with E-state index in [2.05, 4.69) is 203 Å². The molecule has 0 aliphatic carbocycles. The predicted molar refractivity (Wildman–Crippen MR) is 252 cm³/mol. The van der Waals surface area contributed by atoms with Crippen molar-refractivity contribution in [2.24, 2.45) is 5.92 Å². The number of aromatic nitrogens is 3. The first-order valence-electron chi connectivity index (χ1n) is 20.3. The van der Waals surface area contributed by atoms with E-state index in [1.807, 2.05) is 18.2 Å². The summed E-state index contributed by atoms with van der Waals surface area (Å²) in [6.07, 6.45) is 3.24. The average Bonchev–Trinajstić information content (AvgIpc) is 3.80. The monoisotopic (exact) mass is 982 g/mol. The van der Waals surface area contributed by atoms with E-state index in [1.165, 1.54) is 48.3 Å². The fraction of sp³-hybridized carbons (Fsp3) is 0.208. The Bertz CT molecular complexity index is 2860.